The van der Waals surface area contributed by atoms with Crippen molar-refractivity contribution in [1.29, 1.82) is 0 Å². The number of oxazole rings is 1. The first-order chi connectivity index (χ1) is 14.8. The Morgan fingerprint density at radius 1 is 0.833 bits per heavy atom. The van der Waals surface area contributed by atoms with Gasteiger partial charge in [-0.3, -0.25) is 4.79 Å². The molecule has 0 N–H and O–H groups in total. The number of unbranched alkanes of at least 4 members (excludes halogenated alkanes) is 11. The summed E-state index contributed by atoms with van der Waals surface area (Å²) in [6, 6.07) is 9.77. The molecule has 0 amide bonds. The van der Waals surface area contributed by atoms with Gasteiger partial charge in [-0.25, -0.2) is 4.98 Å². The maximum atomic E-state index is 12.3. The number of allylic oxidation sites excluding steroid dienone is 2. The summed E-state index contributed by atoms with van der Waals surface area (Å²) in [5.41, 5.74) is 0.949. The molecular formula is C27H39NO2. The lowest BCUT2D eigenvalue weighted by Gasteiger charge is -2.00. The van der Waals surface area contributed by atoms with E-state index in [2.05, 4.69) is 24.1 Å². The minimum absolute atomic E-state index is 0.00908. The molecule has 2 aromatic rings. The number of hydrogen-bond acceptors (Lipinski definition) is 3. The third-order valence-corrected chi connectivity index (χ3v) is 5.47. The highest BCUT2D eigenvalue weighted by atomic mass is 16.4. The molecule has 3 nitrogen and oxygen atoms in total. The predicted octanol–water partition coefficient (Wildman–Crippen LogP) is 8.56. The van der Waals surface area contributed by atoms with E-state index in [4.69, 9.17) is 4.42 Å². The second-order valence-electron chi connectivity index (χ2n) is 8.15. The van der Waals surface area contributed by atoms with Crippen LogP contribution < -0.4 is 0 Å². The fourth-order valence-electron chi connectivity index (χ4n) is 3.60. The lowest BCUT2D eigenvalue weighted by molar-refractivity contribution is 0.0946. The topological polar surface area (TPSA) is 43.1 Å². The molecule has 3 heteroatoms. The van der Waals surface area contributed by atoms with Gasteiger partial charge in [0, 0.05) is 12.0 Å². The van der Waals surface area contributed by atoms with Crippen molar-refractivity contribution in [1.82, 2.24) is 4.98 Å². The van der Waals surface area contributed by atoms with Crippen LogP contribution in [0.2, 0.25) is 0 Å². The number of carbonyl (C=O) groups is 1. The van der Waals surface area contributed by atoms with E-state index in [-0.39, 0.29) is 11.7 Å². The van der Waals surface area contributed by atoms with E-state index in [9.17, 15) is 4.79 Å². The normalized spacial score (nSPS) is 11.4. The maximum Gasteiger partial charge on any atom is 0.263 e. The second-order valence-corrected chi connectivity index (χ2v) is 8.15. The molecule has 1 heterocycles. The van der Waals surface area contributed by atoms with Crippen molar-refractivity contribution in [2.24, 2.45) is 0 Å². The maximum absolute atomic E-state index is 12.3. The number of carbonyl (C=O) groups excluding carboxylic acids is 1. The molecule has 0 saturated carbocycles. The number of ketones is 1. The van der Waals surface area contributed by atoms with Gasteiger partial charge in [-0.2, -0.15) is 0 Å². The lowest BCUT2D eigenvalue weighted by atomic mass is 10.1. The van der Waals surface area contributed by atoms with Crippen LogP contribution in [0.25, 0.3) is 11.3 Å². The zero-order chi connectivity index (χ0) is 21.3. The van der Waals surface area contributed by atoms with Crippen molar-refractivity contribution < 1.29 is 9.21 Å². The van der Waals surface area contributed by atoms with E-state index in [1.807, 2.05) is 30.3 Å². The van der Waals surface area contributed by atoms with Crippen LogP contribution in [0.1, 0.15) is 108 Å². The van der Waals surface area contributed by atoms with E-state index in [1.54, 1.807) is 6.20 Å². The van der Waals surface area contributed by atoms with Crippen LogP contribution in [0, 0.1) is 0 Å². The molecule has 0 radical (unpaired) electrons. The standard InChI is InChI=1S/C27H39NO2/c1-2-3-4-5-6-7-8-9-10-11-12-13-14-15-19-22-25(29)27-28-23-26(30-27)24-20-17-16-18-21-24/h9-10,16-18,20-21,23H,2-8,11-15,19,22H2,1H3/b10-9-. The minimum Gasteiger partial charge on any atom is -0.434 e. The first-order valence-corrected chi connectivity index (χ1v) is 12.0. The van der Waals surface area contributed by atoms with Crippen molar-refractivity contribution in [3.63, 3.8) is 0 Å². The van der Waals surface area contributed by atoms with Gasteiger partial charge in [0.2, 0.25) is 5.78 Å². The molecule has 0 bridgehead atoms. The molecule has 0 aliphatic rings. The summed E-state index contributed by atoms with van der Waals surface area (Å²) in [5.74, 6) is 0.905. The first-order valence-electron chi connectivity index (χ1n) is 12.0. The van der Waals surface area contributed by atoms with E-state index >= 15 is 0 Å². The van der Waals surface area contributed by atoms with Crippen molar-refractivity contribution in [2.75, 3.05) is 0 Å². The van der Waals surface area contributed by atoms with Gasteiger partial charge in [-0.1, -0.05) is 101 Å². The van der Waals surface area contributed by atoms with Crippen LogP contribution in [0.4, 0.5) is 0 Å². The molecule has 0 aliphatic carbocycles. The molecule has 2 rings (SSSR count). The van der Waals surface area contributed by atoms with Gasteiger partial charge in [0.05, 0.1) is 6.20 Å². The largest absolute Gasteiger partial charge is 0.434 e. The van der Waals surface area contributed by atoms with Crippen molar-refractivity contribution >= 4 is 5.78 Å². The Hall–Kier alpha value is -2.16. The van der Waals surface area contributed by atoms with Gasteiger partial charge in [-0.05, 0) is 32.1 Å². The van der Waals surface area contributed by atoms with Crippen molar-refractivity contribution in [3.05, 3.63) is 54.6 Å². The quantitative estimate of drug-likeness (QED) is 0.149. The second kappa shape index (κ2) is 15.6. The summed E-state index contributed by atoms with van der Waals surface area (Å²) in [6.07, 6.45) is 23.2. The summed E-state index contributed by atoms with van der Waals surface area (Å²) in [6.45, 7) is 2.27. The highest BCUT2D eigenvalue weighted by molar-refractivity contribution is 5.91. The van der Waals surface area contributed by atoms with E-state index in [0.29, 0.717) is 12.2 Å². The molecule has 0 unspecified atom stereocenters. The fourth-order valence-corrected chi connectivity index (χ4v) is 3.60. The molecule has 0 spiro atoms. The highest BCUT2D eigenvalue weighted by Gasteiger charge is 2.13. The van der Waals surface area contributed by atoms with E-state index in [0.717, 1.165) is 18.4 Å². The van der Waals surface area contributed by atoms with Crippen LogP contribution >= 0.6 is 0 Å². The van der Waals surface area contributed by atoms with Crippen LogP contribution in [0.3, 0.4) is 0 Å². The van der Waals surface area contributed by atoms with Crippen molar-refractivity contribution in [3.8, 4) is 11.3 Å². The Bertz CT molecular complexity index is 717. The fraction of sp³-hybridized carbons (Fsp3) is 0.556. The molecule has 1 aromatic heterocycles. The van der Waals surface area contributed by atoms with Crippen LogP contribution in [-0.2, 0) is 0 Å². The Balaban J connectivity index is 1.45. The first kappa shape index (κ1) is 24.1. The molecular weight excluding hydrogens is 370 g/mol. The molecule has 0 atom stereocenters. The summed E-state index contributed by atoms with van der Waals surface area (Å²) in [5, 5.41) is 0. The Kier molecular flexibility index (Phi) is 12.6. The number of rotatable bonds is 17. The Morgan fingerprint density at radius 3 is 2.10 bits per heavy atom. The summed E-state index contributed by atoms with van der Waals surface area (Å²) >= 11 is 0. The van der Waals surface area contributed by atoms with Crippen LogP contribution in [0.5, 0.6) is 0 Å². The van der Waals surface area contributed by atoms with Gasteiger partial charge in [0.25, 0.3) is 5.89 Å². The van der Waals surface area contributed by atoms with E-state index < -0.39 is 0 Å². The zero-order valence-electron chi connectivity index (χ0n) is 18.8. The SMILES string of the molecule is CCCCCCCC/C=C\CCCCCCCC(=O)c1ncc(-c2ccccc2)o1. The van der Waals surface area contributed by atoms with Crippen molar-refractivity contribution in [2.45, 2.75) is 96.8 Å². The Morgan fingerprint density at radius 2 is 1.43 bits per heavy atom. The monoisotopic (exact) mass is 409 g/mol. The number of Topliss-reactive ketones (excluding diaryl/α,β-unsaturated/α-hetero) is 1. The van der Waals surface area contributed by atoms with Gasteiger partial charge in [-0.15, -0.1) is 0 Å². The van der Waals surface area contributed by atoms with Crippen LogP contribution in [-0.4, -0.2) is 10.8 Å². The van der Waals surface area contributed by atoms with Crippen LogP contribution in [0.15, 0.2) is 53.1 Å². The molecule has 0 aliphatic heterocycles. The zero-order valence-corrected chi connectivity index (χ0v) is 18.8. The molecule has 0 fully saturated rings. The van der Waals surface area contributed by atoms with Gasteiger partial charge in [0.1, 0.15) is 0 Å². The molecule has 1 aromatic carbocycles. The number of hydrogen-bond donors (Lipinski definition) is 0. The Labute approximate surface area is 183 Å². The molecule has 30 heavy (non-hydrogen) atoms. The molecule has 164 valence electrons. The minimum atomic E-state index is 0.00908. The average Bonchev–Trinajstić information content (AvgIpc) is 3.27. The third-order valence-electron chi connectivity index (χ3n) is 5.47. The number of benzene rings is 1. The van der Waals surface area contributed by atoms with Gasteiger partial charge in [0.15, 0.2) is 5.76 Å². The lowest BCUT2D eigenvalue weighted by Crippen LogP contribution is -1.98. The third kappa shape index (κ3) is 10.0. The molecule has 0 saturated heterocycles. The van der Waals surface area contributed by atoms with E-state index in [1.165, 1.54) is 70.6 Å². The summed E-state index contributed by atoms with van der Waals surface area (Å²) in [7, 11) is 0. The van der Waals surface area contributed by atoms with Gasteiger partial charge >= 0.3 is 0 Å². The number of aromatic nitrogens is 1. The number of nitrogens with zero attached hydrogens (tertiary/aromatic N) is 1. The highest BCUT2D eigenvalue weighted by Crippen LogP contribution is 2.21. The smallest absolute Gasteiger partial charge is 0.263 e. The summed E-state index contributed by atoms with van der Waals surface area (Å²) < 4.78 is 5.64. The van der Waals surface area contributed by atoms with Gasteiger partial charge < -0.3 is 4.42 Å². The summed E-state index contributed by atoms with van der Waals surface area (Å²) in [4.78, 5) is 16.4. The average molecular weight is 410 g/mol. The predicted molar refractivity (Wildman–Crippen MR) is 126 cm³/mol.